The Morgan fingerprint density at radius 1 is 1.12 bits per heavy atom. The molecule has 0 radical (unpaired) electrons. The van der Waals surface area contributed by atoms with Crippen LogP contribution in [0.2, 0.25) is 0 Å². The zero-order valence-corrected chi connectivity index (χ0v) is 9.70. The van der Waals surface area contributed by atoms with Crippen molar-refractivity contribution in [3.05, 3.63) is 58.4 Å². The molecule has 0 saturated carbocycles. The van der Waals surface area contributed by atoms with Crippen LogP contribution >= 0.6 is 11.6 Å². The molecular formula is C14H9ClO2. The van der Waals surface area contributed by atoms with Gasteiger partial charge in [0.25, 0.3) is 0 Å². The summed E-state index contributed by atoms with van der Waals surface area (Å²) in [7, 11) is 0. The summed E-state index contributed by atoms with van der Waals surface area (Å²) in [4.78, 5) is 11.4. The van der Waals surface area contributed by atoms with Crippen LogP contribution in [0.25, 0.3) is 21.7 Å². The molecule has 0 atom stereocenters. The van der Waals surface area contributed by atoms with E-state index in [-0.39, 0.29) is 5.63 Å². The first-order valence-corrected chi connectivity index (χ1v) is 5.83. The highest BCUT2D eigenvalue weighted by Crippen LogP contribution is 2.27. The maximum absolute atomic E-state index is 11.4. The third-order valence-electron chi connectivity index (χ3n) is 2.86. The average molecular weight is 245 g/mol. The van der Waals surface area contributed by atoms with Gasteiger partial charge in [0.15, 0.2) is 0 Å². The standard InChI is InChI=1S/C14H9ClO2/c15-8-10-7-13(16)17-12-6-5-9-3-1-2-4-11(9)14(10)12/h1-7H,8H2. The van der Waals surface area contributed by atoms with Crippen molar-refractivity contribution < 1.29 is 4.42 Å². The first-order chi connectivity index (χ1) is 8.29. The summed E-state index contributed by atoms with van der Waals surface area (Å²) >= 11 is 5.90. The monoisotopic (exact) mass is 244 g/mol. The van der Waals surface area contributed by atoms with E-state index >= 15 is 0 Å². The van der Waals surface area contributed by atoms with E-state index in [0.29, 0.717) is 11.5 Å². The van der Waals surface area contributed by atoms with Gasteiger partial charge < -0.3 is 4.42 Å². The van der Waals surface area contributed by atoms with E-state index in [1.54, 1.807) is 0 Å². The zero-order chi connectivity index (χ0) is 11.8. The predicted molar refractivity (Wildman–Crippen MR) is 69.5 cm³/mol. The molecule has 0 N–H and O–H groups in total. The van der Waals surface area contributed by atoms with Gasteiger partial charge in [0, 0.05) is 17.3 Å². The minimum absolute atomic E-state index is 0.302. The van der Waals surface area contributed by atoms with Crippen molar-refractivity contribution in [3.63, 3.8) is 0 Å². The quantitative estimate of drug-likeness (QED) is 0.371. The van der Waals surface area contributed by atoms with Crippen molar-refractivity contribution in [2.24, 2.45) is 0 Å². The van der Waals surface area contributed by atoms with Crippen molar-refractivity contribution in [2.75, 3.05) is 0 Å². The lowest BCUT2D eigenvalue weighted by atomic mass is 10.0. The smallest absolute Gasteiger partial charge is 0.336 e. The van der Waals surface area contributed by atoms with E-state index in [9.17, 15) is 4.79 Å². The van der Waals surface area contributed by atoms with Gasteiger partial charge in [0.05, 0.1) is 0 Å². The summed E-state index contributed by atoms with van der Waals surface area (Å²) in [6.45, 7) is 0. The number of alkyl halides is 1. The van der Waals surface area contributed by atoms with Crippen LogP contribution < -0.4 is 5.63 Å². The molecule has 0 aliphatic carbocycles. The highest BCUT2D eigenvalue weighted by atomic mass is 35.5. The first kappa shape index (κ1) is 10.4. The molecule has 1 heterocycles. The molecule has 2 nitrogen and oxygen atoms in total. The number of hydrogen-bond acceptors (Lipinski definition) is 2. The fourth-order valence-corrected chi connectivity index (χ4v) is 2.34. The van der Waals surface area contributed by atoms with Crippen LogP contribution in [-0.2, 0) is 5.88 Å². The van der Waals surface area contributed by atoms with Crippen LogP contribution in [0.4, 0.5) is 0 Å². The topological polar surface area (TPSA) is 30.2 Å². The molecule has 0 spiro atoms. The lowest BCUT2D eigenvalue weighted by molar-refractivity contribution is 0.560. The molecule has 0 aliphatic heterocycles. The summed E-state index contributed by atoms with van der Waals surface area (Å²) in [6, 6.07) is 13.2. The van der Waals surface area contributed by atoms with E-state index < -0.39 is 0 Å². The van der Waals surface area contributed by atoms with Gasteiger partial charge in [-0.25, -0.2) is 4.79 Å². The molecule has 17 heavy (non-hydrogen) atoms. The van der Waals surface area contributed by atoms with Gasteiger partial charge >= 0.3 is 5.63 Å². The SMILES string of the molecule is O=c1cc(CCl)c2c(ccc3ccccc32)o1. The van der Waals surface area contributed by atoms with Crippen molar-refractivity contribution >= 4 is 33.3 Å². The summed E-state index contributed by atoms with van der Waals surface area (Å²) < 4.78 is 5.20. The molecule has 0 bridgehead atoms. The Labute approximate surface area is 102 Å². The molecule has 0 saturated heterocycles. The minimum Gasteiger partial charge on any atom is -0.423 e. The average Bonchev–Trinajstić information content (AvgIpc) is 2.37. The normalized spacial score (nSPS) is 11.1. The molecule has 2 aromatic carbocycles. The Balaban J connectivity index is 2.60. The van der Waals surface area contributed by atoms with E-state index in [0.717, 1.165) is 21.7 Å². The third-order valence-corrected chi connectivity index (χ3v) is 3.15. The van der Waals surface area contributed by atoms with Crippen molar-refractivity contribution in [1.82, 2.24) is 0 Å². The lowest BCUT2D eigenvalue weighted by Gasteiger charge is -2.05. The van der Waals surface area contributed by atoms with Gasteiger partial charge in [-0.1, -0.05) is 30.3 Å². The molecular weight excluding hydrogens is 236 g/mol. The fraction of sp³-hybridized carbons (Fsp3) is 0.0714. The molecule has 3 rings (SSSR count). The highest BCUT2D eigenvalue weighted by Gasteiger charge is 2.08. The molecule has 0 amide bonds. The number of fused-ring (bicyclic) bond motifs is 3. The van der Waals surface area contributed by atoms with E-state index in [1.165, 1.54) is 6.07 Å². The van der Waals surface area contributed by atoms with Crippen LogP contribution in [0.3, 0.4) is 0 Å². The van der Waals surface area contributed by atoms with E-state index in [1.807, 2.05) is 36.4 Å². The Morgan fingerprint density at radius 3 is 2.76 bits per heavy atom. The predicted octanol–water partition coefficient (Wildman–Crippen LogP) is 3.69. The van der Waals surface area contributed by atoms with Gasteiger partial charge in [-0.3, -0.25) is 0 Å². The maximum Gasteiger partial charge on any atom is 0.336 e. The molecule has 84 valence electrons. The Kier molecular flexibility index (Phi) is 2.37. The second-order valence-corrected chi connectivity index (χ2v) is 4.15. The number of benzene rings is 2. The lowest BCUT2D eigenvalue weighted by Crippen LogP contribution is -1.99. The van der Waals surface area contributed by atoms with Gasteiger partial charge in [-0.15, -0.1) is 11.6 Å². The Morgan fingerprint density at radius 2 is 1.94 bits per heavy atom. The molecule has 0 aliphatic rings. The summed E-state index contributed by atoms with van der Waals surface area (Å²) in [5, 5.41) is 3.10. The van der Waals surface area contributed by atoms with Gasteiger partial charge in [0.1, 0.15) is 5.58 Å². The number of rotatable bonds is 1. The van der Waals surface area contributed by atoms with Gasteiger partial charge in [-0.05, 0) is 22.4 Å². The molecule has 0 fully saturated rings. The summed E-state index contributed by atoms with van der Waals surface area (Å²) in [5.74, 6) is 0.302. The van der Waals surface area contributed by atoms with Crippen molar-refractivity contribution in [2.45, 2.75) is 5.88 Å². The zero-order valence-electron chi connectivity index (χ0n) is 8.94. The number of hydrogen-bond donors (Lipinski definition) is 0. The van der Waals surface area contributed by atoms with Gasteiger partial charge in [0.2, 0.25) is 0 Å². The Bertz CT molecular complexity index is 759. The highest BCUT2D eigenvalue weighted by molar-refractivity contribution is 6.19. The molecule has 3 aromatic rings. The summed E-state index contributed by atoms with van der Waals surface area (Å²) in [5.41, 5.74) is 1.05. The van der Waals surface area contributed by atoms with Crippen LogP contribution in [0, 0.1) is 0 Å². The van der Waals surface area contributed by atoms with Crippen LogP contribution in [0.1, 0.15) is 5.56 Å². The molecule has 0 unspecified atom stereocenters. The summed E-state index contributed by atoms with van der Waals surface area (Å²) in [6.07, 6.45) is 0. The van der Waals surface area contributed by atoms with Crippen molar-refractivity contribution in [1.29, 1.82) is 0 Å². The largest absolute Gasteiger partial charge is 0.423 e. The second kappa shape index (κ2) is 3.90. The van der Waals surface area contributed by atoms with E-state index in [2.05, 4.69) is 0 Å². The second-order valence-electron chi connectivity index (χ2n) is 3.88. The molecule has 3 heteroatoms. The fourth-order valence-electron chi connectivity index (χ4n) is 2.13. The molecule has 1 aromatic heterocycles. The first-order valence-electron chi connectivity index (χ1n) is 5.30. The van der Waals surface area contributed by atoms with E-state index in [4.69, 9.17) is 16.0 Å². The minimum atomic E-state index is -0.358. The maximum atomic E-state index is 11.4. The van der Waals surface area contributed by atoms with Crippen molar-refractivity contribution in [3.8, 4) is 0 Å². The van der Waals surface area contributed by atoms with Gasteiger partial charge in [-0.2, -0.15) is 0 Å². The Hall–Kier alpha value is -1.80. The van der Waals surface area contributed by atoms with Crippen LogP contribution in [-0.4, -0.2) is 0 Å². The third kappa shape index (κ3) is 1.61. The van der Waals surface area contributed by atoms with Crippen LogP contribution in [0.15, 0.2) is 51.7 Å². The van der Waals surface area contributed by atoms with Crippen LogP contribution in [0.5, 0.6) is 0 Å². The number of halogens is 1.